The number of rotatable bonds is 5. The number of nitrogens with zero attached hydrogens (tertiary/aromatic N) is 2. The van der Waals surface area contributed by atoms with Gasteiger partial charge in [0.1, 0.15) is 0 Å². The molecule has 1 N–H and O–H groups in total. The molecule has 0 aliphatic carbocycles. The summed E-state index contributed by atoms with van der Waals surface area (Å²) in [5.41, 5.74) is 2.27. The number of fused-ring (bicyclic) bond motifs is 1. The molecule has 1 fully saturated rings. The van der Waals surface area contributed by atoms with Crippen LogP contribution in [0.2, 0.25) is 0 Å². The lowest BCUT2D eigenvalue weighted by atomic mass is 10.1. The largest absolute Gasteiger partial charge is 0.322 e. The van der Waals surface area contributed by atoms with Gasteiger partial charge in [0.2, 0.25) is 20.0 Å². The maximum atomic E-state index is 12.6. The van der Waals surface area contributed by atoms with Gasteiger partial charge in [-0.05, 0) is 61.2 Å². The number of sulfonamides is 2. The van der Waals surface area contributed by atoms with Gasteiger partial charge in [-0.25, -0.2) is 16.8 Å². The van der Waals surface area contributed by atoms with Crippen LogP contribution >= 0.6 is 0 Å². The van der Waals surface area contributed by atoms with E-state index >= 15 is 0 Å². The number of hydrogen-bond donors (Lipinski definition) is 1. The number of carbonyl (C=O) groups excluding carboxylic acids is 1. The molecule has 2 aromatic carbocycles. The minimum Gasteiger partial charge on any atom is -0.322 e. The van der Waals surface area contributed by atoms with Crippen LogP contribution in [0.4, 0.5) is 11.4 Å². The normalized spacial score (nSPS) is 17.2. The summed E-state index contributed by atoms with van der Waals surface area (Å²) >= 11 is 0. The summed E-state index contributed by atoms with van der Waals surface area (Å²) in [4.78, 5) is 12.8. The molecule has 0 atom stereocenters. The first-order chi connectivity index (χ1) is 14.2. The van der Waals surface area contributed by atoms with Crippen molar-refractivity contribution >= 4 is 37.3 Å². The summed E-state index contributed by atoms with van der Waals surface area (Å²) in [6.07, 6.45) is 3.50. The van der Waals surface area contributed by atoms with E-state index in [2.05, 4.69) is 5.32 Å². The van der Waals surface area contributed by atoms with Crippen LogP contribution in [0.5, 0.6) is 0 Å². The first-order valence-electron chi connectivity index (χ1n) is 9.68. The van der Waals surface area contributed by atoms with Crippen molar-refractivity contribution < 1.29 is 21.6 Å². The van der Waals surface area contributed by atoms with Crippen LogP contribution in [0.25, 0.3) is 0 Å². The molecule has 0 radical (unpaired) electrons. The molecule has 30 heavy (non-hydrogen) atoms. The molecule has 10 heteroatoms. The van der Waals surface area contributed by atoms with Crippen molar-refractivity contribution in [3.8, 4) is 0 Å². The second-order valence-corrected chi connectivity index (χ2v) is 11.4. The van der Waals surface area contributed by atoms with Gasteiger partial charge in [-0.3, -0.25) is 9.10 Å². The highest BCUT2D eigenvalue weighted by Gasteiger charge is 2.28. The molecule has 2 aliphatic heterocycles. The van der Waals surface area contributed by atoms with Gasteiger partial charge in [0.05, 0.1) is 16.8 Å². The molecule has 1 amide bonds. The average Bonchev–Trinajstić information content (AvgIpc) is 3.37. The Bertz CT molecular complexity index is 1190. The van der Waals surface area contributed by atoms with Gasteiger partial charge < -0.3 is 5.32 Å². The van der Waals surface area contributed by atoms with Gasteiger partial charge >= 0.3 is 0 Å². The smallest absolute Gasteiger partial charge is 0.255 e. The minimum absolute atomic E-state index is 0.169. The van der Waals surface area contributed by atoms with Crippen molar-refractivity contribution in [2.24, 2.45) is 0 Å². The fourth-order valence-electron chi connectivity index (χ4n) is 3.83. The molecule has 0 unspecified atom stereocenters. The molecule has 2 aliphatic rings. The highest BCUT2D eigenvalue weighted by molar-refractivity contribution is 7.92. The Morgan fingerprint density at radius 2 is 1.60 bits per heavy atom. The Morgan fingerprint density at radius 1 is 0.933 bits per heavy atom. The molecule has 0 aromatic heterocycles. The van der Waals surface area contributed by atoms with E-state index in [9.17, 15) is 21.6 Å². The van der Waals surface area contributed by atoms with Crippen molar-refractivity contribution in [1.82, 2.24) is 4.31 Å². The lowest BCUT2D eigenvalue weighted by Gasteiger charge is -2.17. The lowest BCUT2D eigenvalue weighted by molar-refractivity contribution is 0.102. The molecule has 0 bridgehead atoms. The Morgan fingerprint density at radius 3 is 2.23 bits per heavy atom. The van der Waals surface area contributed by atoms with Crippen LogP contribution in [-0.2, 0) is 26.5 Å². The first-order valence-corrected chi connectivity index (χ1v) is 13.0. The maximum Gasteiger partial charge on any atom is 0.255 e. The maximum absolute atomic E-state index is 12.6. The summed E-state index contributed by atoms with van der Waals surface area (Å²) in [5.74, 6) is -0.399. The molecule has 1 saturated heterocycles. The fraction of sp³-hybridized carbons (Fsp3) is 0.350. The number of anilines is 2. The van der Waals surface area contributed by atoms with Crippen molar-refractivity contribution in [2.45, 2.75) is 24.2 Å². The van der Waals surface area contributed by atoms with Crippen LogP contribution in [0, 0.1) is 0 Å². The first kappa shape index (κ1) is 20.8. The predicted molar refractivity (Wildman–Crippen MR) is 115 cm³/mol. The second kappa shape index (κ2) is 7.68. The SMILES string of the molecule is CS(=O)(=O)N1CCc2ccc(NC(=O)c3ccc(S(=O)(=O)N4CCCC4)cc3)cc21. The highest BCUT2D eigenvalue weighted by atomic mass is 32.2. The molecule has 160 valence electrons. The van der Waals surface area contributed by atoms with Gasteiger partial charge in [-0.15, -0.1) is 0 Å². The third kappa shape index (κ3) is 3.94. The molecule has 0 saturated carbocycles. The number of hydrogen-bond acceptors (Lipinski definition) is 5. The molecule has 8 nitrogen and oxygen atoms in total. The zero-order chi connectivity index (χ0) is 21.5. The highest BCUT2D eigenvalue weighted by Crippen LogP contribution is 2.32. The minimum atomic E-state index is -3.53. The van der Waals surface area contributed by atoms with E-state index in [0.717, 1.165) is 24.7 Å². The van der Waals surface area contributed by atoms with Crippen molar-refractivity contribution in [3.63, 3.8) is 0 Å². The third-order valence-corrected chi connectivity index (χ3v) is 8.51. The van der Waals surface area contributed by atoms with Crippen molar-refractivity contribution in [3.05, 3.63) is 53.6 Å². The van der Waals surface area contributed by atoms with E-state index in [4.69, 9.17) is 0 Å². The number of benzene rings is 2. The third-order valence-electron chi connectivity index (χ3n) is 5.42. The summed E-state index contributed by atoms with van der Waals surface area (Å²) in [5, 5.41) is 2.75. The molecule has 4 rings (SSSR count). The molecule has 2 heterocycles. The van der Waals surface area contributed by atoms with E-state index in [1.165, 1.54) is 32.9 Å². The summed E-state index contributed by atoms with van der Waals surface area (Å²) in [6, 6.07) is 11.0. The number of carbonyl (C=O) groups is 1. The quantitative estimate of drug-likeness (QED) is 0.752. The summed E-state index contributed by atoms with van der Waals surface area (Å²) in [7, 11) is -6.91. The predicted octanol–water partition coefficient (Wildman–Crippen LogP) is 2.05. The number of amides is 1. The fourth-order valence-corrected chi connectivity index (χ4v) is 6.30. The van der Waals surface area contributed by atoms with Crippen molar-refractivity contribution in [1.29, 1.82) is 0 Å². The molecular weight excluding hydrogens is 426 g/mol. The summed E-state index contributed by atoms with van der Waals surface area (Å²) in [6.45, 7) is 1.43. The Hall–Kier alpha value is -2.43. The topological polar surface area (TPSA) is 104 Å². The van der Waals surface area contributed by atoms with Gasteiger partial charge in [0.25, 0.3) is 5.91 Å². The van der Waals surface area contributed by atoms with Crippen molar-refractivity contribution in [2.75, 3.05) is 35.5 Å². The van der Waals surface area contributed by atoms with Crippen LogP contribution in [0.3, 0.4) is 0 Å². The van der Waals surface area contributed by atoms with E-state index in [1.54, 1.807) is 12.1 Å². The van der Waals surface area contributed by atoms with E-state index in [1.807, 2.05) is 6.07 Å². The van der Waals surface area contributed by atoms with Gasteiger partial charge in [0.15, 0.2) is 0 Å². The second-order valence-electron chi connectivity index (χ2n) is 7.52. The Kier molecular flexibility index (Phi) is 5.33. The summed E-state index contributed by atoms with van der Waals surface area (Å²) < 4.78 is 51.9. The Balaban J connectivity index is 1.51. The molecular formula is C20H23N3O5S2. The van der Waals surface area contributed by atoms with Gasteiger partial charge in [-0.1, -0.05) is 6.07 Å². The zero-order valence-corrected chi connectivity index (χ0v) is 18.2. The van der Waals surface area contributed by atoms with Crippen LogP contribution in [0.15, 0.2) is 47.4 Å². The van der Waals surface area contributed by atoms with E-state index in [-0.39, 0.29) is 4.90 Å². The Labute approximate surface area is 176 Å². The number of nitrogens with one attached hydrogen (secondary N) is 1. The van der Waals surface area contributed by atoms with Crippen LogP contribution in [0.1, 0.15) is 28.8 Å². The molecule has 2 aromatic rings. The van der Waals surface area contributed by atoms with Gasteiger partial charge in [0, 0.05) is 30.9 Å². The standard InChI is InChI=1S/C20H23N3O5S2/c1-29(25,26)23-13-10-15-4-7-17(14-19(15)23)21-20(24)16-5-8-18(9-6-16)30(27,28)22-11-2-3-12-22/h4-9,14H,2-3,10-13H2,1H3,(H,21,24). The lowest BCUT2D eigenvalue weighted by Crippen LogP contribution is -2.28. The van der Waals surface area contributed by atoms with Gasteiger partial charge in [-0.2, -0.15) is 4.31 Å². The van der Waals surface area contributed by atoms with E-state index < -0.39 is 26.0 Å². The molecule has 0 spiro atoms. The van der Waals surface area contributed by atoms with Crippen LogP contribution < -0.4 is 9.62 Å². The monoisotopic (exact) mass is 449 g/mol. The average molecular weight is 450 g/mol. The zero-order valence-electron chi connectivity index (χ0n) is 16.5. The van der Waals surface area contributed by atoms with E-state index in [0.29, 0.717) is 43.0 Å². The van der Waals surface area contributed by atoms with Crippen LogP contribution in [-0.4, -0.2) is 52.9 Å².